The smallest absolute Gasteiger partial charge is 0.303 e. The molecule has 3 amide bonds. The Labute approximate surface area is 262 Å². The highest BCUT2D eigenvalue weighted by Gasteiger charge is 2.69. The maximum atomic E-state index is 14.4. The van der Waals surface area contributed by atoms with Crippen LogP contribution < -0.4 is 25.2 Å². The molecule has 8 rings (SSSR count). The molecule has 10 heteroatoms. The molecule has 4 heterocycles. The number of carbonyl (C=O) groups is 2. The first kappa shape index (κ1) is 27.1. The van der Waals surface area contributed by atoms with Gasteiger partial charge in [0, 0.05) is 30.8 Å². The Morgan fingerprint density at radius 2 is 1.33 bits per heavy atom. The fourth-order valence-electron chi connectivity index (χ4n) is 6.99. The van der Waals surface area contributed by atoms with Gasteiger partial charge in [-0.3, -0.25) is 24.8 Å². The molecule has 3 aliphatic rings. The molecule has 0 spiro atoms. The number of benzene rings is 4. The average molecular weight is 613 g/mol. The van der Waals surface area contributed by atoms with Crippen LogP contribution in [0.4, 0.5) is 10.5 Å². The van der Waals surface area contributed by atoms with Crippen LogP contribution in [-0.2, 0) is 22.7 Å². The van der Waals surface area contributed by atoms with Gasteiger partial charge in [-0.05, 0) is 11.6 Å². The normalized spacial score (nSPS) is 22.9. The molecular weight excluding hydrogens is 584 g/mol. The SMILES string of the molecule is CN1C(=O)N(C)C2(c3ccccc3)Nn3c(s/c(=C4\C(=O)N(Cc5ccccc5)c5ccccc54)c3=O)=NC12c1ccccc1. The van der Waals surface area contributed by atoms with E-state index < -0.39 is 16.9 Å². The molecule has 3 aliphatic heterocycles. The van der Waals surface area contributed by atoms with Gasteiger partial charge in [-0.1, -0.05) is 121 Å². The van der Waals surface area contributed by atoms with Crippen LogP contribution in [0.15, 0.2) is 125 Å². The fraction of sp³-hybridized carbons (Fsp3) is 0.143. The van der Waals surface area contributed by atoms with Gasteiger partial charge in [-0.25, -0.2) is 9.79 Å². The summed E-state index contributed by atoms with van der Waals surface area (Å²) in [5.41, 5.74) is 4.84. The molecule has 0 aliphatic carbocycles. The number of urea groups is 1. The van der Waals surface area contributed by atoms with Crippen LogP contribution in [0.25, 0.3) is 5.57 Å². The molecule has 0 radical (unpaired) electrons. The summed E-state index contributed by atoms with van der Waals surface area (Å²) in [5.74, 6) is -0.239. The number of nitrogens with zero attached hydrogens (tertiary/aromatic N) is 5. The number of hydrogen-bond acceptors (Lipinski definition) is 6. The molecule has 0 saturated carbocycles. The molecule has 9 nitrogen and oxygen atoms in total. The Kier molecular flexibility index (Phi) is 5.88. The van der Waals surface area contributed by atoms with E-state index in [1.807, 2.05) is 115 Å². The summed E-state index contributed by atoms with van der Waals surface area (Å²) in [5, 5.41) is 0. The number of fused-ring (bicyclic) bond motifs is 3. The third kappa shape index (κ3) is 3.54. The maximum absolute atomic E-state index is 14.4. The van der Waals surface area contributed by atoms with Gasteiger partial charge in [-0.2, -0.15) is 4.68 Å². The molecule has 4 aromatic carbocycles. The Balaban J connectivity index is 1.41. The topological polar surface area (TPSA) is 90.3 Å². The van der Waals surface area contributed by atoms with Gasteiger partial charge in [0.2, 0.25) is 16.1 Å². The van der Waals surface area contributed by atoms with Gasteiger partial charge >= 0.3 is 6.03 Å². The van der Waals surface area contributed by atoms with E-state index in [4.69, 9.17) is 4.99 Å². The van der Waals surface area contributed by atoms with Crippen molar-refractivity contribution in [3.05, 3.63) is 157 Å². The maximum Gasteiger partial charge on any atom is 0.324 e. The first-order chi connectivity index (χ1) is 21.9. The summed E-state index contributed by atoms with van der Waals surface area (Å²) in [6.45, 7) is 0.376. The molecule has 1 N–H and O–H groups in total. The number of amides is 3. The second kappa shape index (κ2) is 9.76. The fourth-order valence-corrected chi connectivity index (χ4v) is 8.05. The number of carbonyl (C=O) groups excluding carboxylic acids is 2. The highest BCUT2D eigenvalue weighted by Crippen LogP contribution is 2.53. The standard InChI is InChI=1S/C35H28N6O3S/c1-38-33(44)39(2)35(25-18-10-5-11-19-25)34(38,24-16-8-4-9-17-24)36-32-41(37-35)31(43)29(45-32)28-26-20-12-13-21-27(26)40(30(28)42)22-23-14-6-3-7-15-23/h3-21,37H,22H2,1-2H3/b29-28-. The largest absolute Gasteiger partial charge is 0.324 e. The Hall–Kier alpha value is -5.48. The predicted molar refractivity (Wildman–Crippen MR) is 172 cm³/mol. The zero-order valence-electron chi connectivity index (χ0n) is 24.5. The van der Waals surface area contributed by atoms with Crippen molar-refractivity contribution in [3.63, 3.8) is 0 Å². The van der Waals surface area contributed by atoms with Gasteiger partial charge in [-0.15, -0.1) is 0 Å². The van der Waals surface area contributed by atoms with E-state index in [9.17, 15) is 14.4 Å². The van der Waals surface area contributed by atoms with E-state index in [2.05, 4.69) is 5.43 Å². The van der Waals surface area contributed by atoms with Crippen molar-refractivity contribution < 1.29 is 9.59 Å². The van der Waals surface area contributed by atoms with Crippen LogP contribution in [0.3, 0.4) is 0 Å². The number of likely N-dealkylation sites (N-methyl/N-ethyl adjacent to an activating group) is 2. The second-order valence-electron chi connectivity index (χ2n) is 11.4. The highest BCUT2D eigenvalue weighted by atomic mass is 32.1. The van der Waals surface area contributed by atoms with Gasteiger partial charge in [0.1, 0.15) is 4.53 Å². The molecular formula is C35H28N6O3S. The summed E-state index contributed by atoms with van der Waals surface area (Å²) in [6, 6.07) is 36.3. The summed E-state index contributed by atoms with van der Waals surface area (Å²) in [4.78, 5) is 53.1. The third-order valence-electron chi connectivity index (χ3n) is 9.08. The monoisotopic (exact) mass is 612 g/mol. The minimum absolute atomic E-state index is 0.239. The van der Waals surface area contributed by atoms with Crippen molar-refractivity contribution in [2.75, 3.05) is 24.4 Å². The van der Waals surface area contributed by atoms with Crippen molar-refractivity contribution in [1.82, 2.24) is 14.5 Å². The molecule has 1 aromatic heterocycles. The highest BCUT2D eigenvalue weighted by molar-refractivity contribution is 7.07. The van der Waals surface area contributed by atoms with E-state index in [-0.39, 0.29) is 16.5 Å². The zero-order valence-corrected chi connectivity index (χ0v) is 25.4. The van der Waals surface area contributed by atoms with Crippen LogP contribution in [0, 0.1) is 0 Å². The van der Waals surface area contributed by atoms with Crippen molar-refractivity contribution in [2.24, 2.45) is 4.99 Å². The van der Waals surface area contributed by atoms with E-state index in [0.29, 0.717) is 22.5 Å². The Morgan fingerprint density at radius 3 is 2.02 bits per heavy atom. The van der Waals surface area contributed by atoms with Crippen LogP contribution in [0.2, 0.25) is 0 Å². The van der Waals surface area contributed by atoms with Crippen LogP contribution in [0.1, 0.15) is 22.3 Å². The van der Waals surface area contributed by atoms with E-state index >= 15 is 0 Å². The molecule has 5 aromatic rings. The average Bonchev–Trinajstić information content (AvgIpc) is 3.60. The lowest BCUT2D eigenvalue weighted by Gasteiger charge is -2.49. The summed E-state index contributed by atoms with van der Waals surface area (Å²) >= 11 is 1.16. The quantitative estimate of drug-likeness (QED) is 0.336. The van der Waals surface area contributed by atoms with Gasteiger partial charge in [0.15, 0.2) is 0 Å². The van der Waals surface area contributed by atoms with Crippen molar-refractivity contribution in [3.8, 4) is 0 Å². The van der Waals surface area contributed by atoms with Crippen LogP contribution >= 0.6 is 11.3 Å². The van der Waals surface area contributed by atoms with E-state index in [0.717, 1.165) is 33.7 Å². The van der Waals surface area contributed by atoms with Crippen LogP contribution in [-0.4, -0.2) is 40.5 Å². The second-order valence-corrected chi connectivity index (χ2v) is 12.3. The summed E-state index contributed by atoms with van der Waals surface area (Å²) < 4.78 is 1.69. The third-order valence-corrected chi connectivity index (χ3v) is 10.1. The molecule has 222 valence electrons. The minimum atomic E-state index is -1.29. The van der Waals surface area contributed by atoms with Crippen molar-refractivity contribution in [2.45, 2.75) is 17.9 Å². The van der Waals surface area contributed by atoms with Crippen LogP contribution in [0.5, 0.6) is 0 Å². The van der Waals surface area contributed by atoms with Gasteiger partial charge in [0.25, 0.3) is 11.5 Å². The Morgan fingerprint density at radius 1 is 0.733 bits per heavy atom. The van der Waals surface area contributed by atoms with Crippen molar-refractivity contribution in [1.29, 1.82) is 0 Å². The number of thiazole rings is 1. The van der Waals surface area contributed by atoms with Gasteiger partial charge in [0.05, 0.1) is 17.8 Å². The van der Waals surface area contributed by atoms with E-state index in [1.165, 1.54) is 4.68 Å². The molecule has 1 fully saturated rings. The molecule has 0 bridgehead atoms. The Bertz CT molecular complexity index is 2180. The molecule has 2 unspecified atom stereocenters. The number of rotatable bonds is 4. The number of hydrogen-bond donors (Lipinski definition) is 1. The lowest BCUT2D eigenvalue weighted by Crippen LogP contribution is -2.67. The number of nitrogens with one attached hydrogen (secondary N) is 1. The number of aromatic nitrogens is 1. The lowest BCUT2D eigenvalue weighted by atomic mass is 9.80. The molecule has 1 saturated heterocycles. The number of anilines is 1. The number of para-hydroxylation sites is 1. The first-order valence-electron chi connectivity index (χ1n) is 14.6. The first-order valence-corrected chi connectivity index (χ1v) is 15.4. The van der Waals surface area contributed by atoms with Gasteiger partial charge < -0.3 is 4.90 Å². The minimum Gasteiger partial charge on any atom is -0.303 e. The lowest BCUT2D eigenvalue weighted by molar-refractivity contribution is -0.113. The zero-order chi connectivity index (χ0) is 30.9. The molecule has 45 heavy (non-hydrogen) atoms. The summed E-state index contributed by atoms with van der Waals surface area (Å²) in [6.07, 6.45) is 0. The molecule has 2 atom stereocenters. The summed E-state index contributed by atoms with van der Waals surface area (Å²) in [7, 11) is 3.45. The van der Waals surface area contributed by atoms with E-state index in [1.54, 1.807) is 28.8 Å². The van der Waals surface area contributed by atoms with Crippen molar-refractivity contribution >= 4 is 34.5 Å². The predicted octanol–water partition coefficient (Wildman–Crippen LogP) is 3.54.